The van der Waals surface area contributed by atoms with Gasteiger partial charge in [0, 0.05) is 12.2 Å². The molecule has 0 fully saturated rings. The molecule has 5 nitrogen and oxygen atoms in total. The van der Waals surface area contributed by atoms with E-state index in [1.54, 1.807) is 6.07 Å². The van der Waals surface area contributed by atoms with E-state index in [0.717, 1.165) is 29.2 Å². The predicted octanol–water partition coefficient (Wildman–Crippen LogP) is 3.03. The van der Waals surface area contributed by atoms with Crippen molar-refractivity contribution in [2.24, 2.45) is 0 Å². The molecule has 0 aliphatic carbocycles. The zero-order valence-corrected chi connectivity index (χ0v) is 11.8. The van der Waals surface area contributed by atoms with E-state index >= 15 is 0 Å². The van der Waals surface area contributed by atoms with Crippen molar-refractivity contribution in [3.05, 3.63) is 40.7 Å². The van der Waals surface area contributed by atoms with E-state index in [2.05, 4.69) is 15.3 Å². The quantitative estimate of drug-likeness (QED) is 0.878. The fraction of sp³-hybridized carbons (Fsp3) is 0.286. The number of aromatic nitrogens is 2. The van der Waals surface area contributed by atoms with Gasteiger partial charge in [-0.05, 0) is 30.2 Å². The van der Waals surface area contributed by atoms with Gasteiger partial charge < -0.3 is 14.8 Å². The lowest BCUT2D eigenvalue weighted by atomic mass is 10.2. The molecule has 3 rings (SSSR count). The topological polar surface area (TPSA) is 56.3 Å². The summed E-state index contributed by atoms with van der Waals surface area (Å²) in [6, 6.07) is 7.59. The van der Waals surface area contributed by atoms with Gasteiger partial charge in [0.1, 0.15) is 5.15 Å². The Morgan fingerprint density at radius 1 is 1.20 bits per heavy atom. The van der Waals surface area contributed by atoms with Gasteiger partial charge in [0.25, 0.3) is 0 Å². The van der Waals surface area contributed by atoms with Crippen molar-refractivity contribution in [3.63, 3.8) is 0 Å². The molecule has 1 aromatic heterocycles. The van der Waals surface area contributed by atoms with Gasteiger partial charge in [0.2, 0.25) is 12.7 Å². The Labute approximate surface area is 121 Å². The minimum absolute atomic E-state index is 0.281. The van der Waals surface area contributed by atoms with E-state index < -0.39 is 0 Å². The van der Waals surface area contributed by atoms with Crippen molar-refractivity contribution in [2.45, 2.75) is 19.9 Å². The minimum atomic E-state index is 0.281. The smallest absolute Gasteiger partial charge is 0.231 e. The molecule has 104 valence electrons. The maximum atomic E-state index is 5.96. The van der Waals surface area contributed by atoms with Crippen LogP contribution in [0.3, 0.4) is 0 Å². The highest BCUT2D eigenvalue weighted by Crippen LogP contribution is 2.32. The first kappa shape index (κ1) is 13.0. The molecule has 0 unspecified atom stereocenters. The number of fused-ring (bicyclic) bond motifs is 1. The Morgan fingerprint density at radius 3 is 2.90 bits per heavy atom. The van der Waals surface area contributed by atoms with Crippen molar-refractivity contribution in [1.29, 1.82) is 0 Å². The van der Waals surface area contributed by atoms with Crippen LogP contribution in [0, 0.1) is 0 Å². The molecule has 0 radical (unpaired) electrons. The second kappa shape index (κ2) is 5.54. The van der Waals surface area contributed by atoms with Crippen LogP contribution in [0.4, 0.5) is 5.95 Å². The Bertz CT molecular complexity index is 634. The molecule has 0 atom stereocenters. The zero-order chi connectivity index (χ0) is 13.9. The molecule has 0 amide bonds. The predicted molar refractivity (Wildman–Crippen MR) is 76.3 cm³/mol. The molecular formula is C14H14ClN3O2. The van der Waals surface area contributed by atoms with E-state index in [4.69, 9.17) is 21.1 Å². The number of rotatable bonds is 4. The van der Waals surface area contributed by atoms with Gasteiger partial charge in [-0.15, -0.1) is 0 Å². The maximum absolute atomic E-state index is 5.96. The van der Waals surface area contributed by atoms with Gasteiger partial charge in [0.05, 0.1) is 0 Å². The standard InChI is InChI=1S/C14H14ClN3O2/c1-2-10-6-13(15)18-14(17-10)16-7-9-3-4-11-12(5-9)20-8-19-11/h3-6H,2,7-8H2,1H3,(H,16,17,18). The Morgan fingerprint density at radius 2 is 2.05 bits per heavy atom. The summed E-state index contributed by atoms with van der Waals surface area (Å²) in [4.78, 5) is 8.53. The van der Waals surface area contributed by atoms with Gasteiger partial charge in [-0.1, -0.05) is 24.6 Å². The van der Waals surface area contributed by atoms with E-state index in [-0.39, 0.29) is 6.79 Å². The van der Waals surface area contributed by atoms with Crippen LogP contribution in [0.5, 0.6) is 11.5 Å². The molecule has 0 saturated heterocycles. The van der Waals surface area contributed by atoms with E-state index in [1.165, 1.54) is 0 Å². The van der Waals surface area contributed by atoms with Crippen molar-refractivity contribution in [2.75, 3.05) is 12.1 Å². The molecular weight excluding hydrogens is 278 g/mol. The molecule has 0 bridgehead atoms. The highest BCUT2D eigenvalue weighted by Gasteiger charge is 2.13. The molecule has 1 aliphatic rings. The molecule has 20 heavy (non-hydrogen) atoms. The number of halogens is 1. The first-order valence-corrected chi connectivity index (χ1v) is 6.78. The maximum Gasteiger partial charge on any atom is 0.231 e. The highest BCUT2D eigenvalue weighted by atomic mass is 35.5. The van der Waals surface area contributed by atoms with Crippen LogP contribution in [-0.2, 0) is 13.0 Å². The van der Waals surface area contributed by atoms with E-state index in [0.29, 0.717) is 17.6 Å². The number of nitrogens with one attached hydrogen (secondary N) is 1. The van der Waals surface area contributed by atoms with Gasteiger partial charge in [-0.3, -0.25) is 0 Å². The molecule has 1 N–H and O–H groups in total. The highest BCUT2D eigenvalue weighted by molar-refractivity contribution is 6.29. The lowest BCUT2D eigenvalue weighted by Crippen LogP contribution is -2.05. The van der Waals surface area contributed by atoms with Crippen molar-refractivity contribution in [1.82, 2.24) is 9.97 Å². The normalized spacial score (nSPS) is 12.5. The van der Waals surface area contributed by atoms with Crippen molar-refractivity contribution in [3.8, 4) is 11.5 Å². The summed E-state index contributed by atoms with van der Waals surface area (Å²) in [5, 5.41) is 3.61. The van der Waals surface area contributed by atoms with Crippen LogP contribution in [-0.4, -0.2) is 16.8 Å². The lowest BCUT2D eigenvalue weighted by Gasteiger charge is -2.07. The number of ether oxygens (including phenoxy) is 2. The number of nitrogens with zero attached hydrogens (tertiary/aromatic N) is 2. The third-order valence-corrected chi connectivity index (χ3v) is 3.19. The van der Waals surface area contributed by atoms with Crippen LogP contribution in [0.15, 0.2) is 24.3 Å². The molecule has 2 heterocycles. The van der Waals surface area contributed by atoms with Gasteiger partial charge in [-0.2, -0.15) is 0 Å². The Balaban J connectivity index is 1.71. The summed E-state index contributed by atoms with van der Waals surface area (Å²) < 4.78 is 10.6. The molecule has 2 aromatic rings. The van der Waals surface area contributed by atoms with Gasteiger partial charge in [-0.25, -0.2) is 9.97 Å². The zero-order valence-electron chi connectivity index (χ0n) is 11.0. The van der Waals surface area contributed by atoms with Crippen LogP contribution in [0.1, 0.15) is 18.2 Å². The first-order chi connectivity index (χ1) is 9.74. The number of hydrogen-bond acceptors (Lipinski definition) is 5. The van der Waals surface area contributed by atoms with Crippen molar-refractivity contribution >= 4 is 17.5 Å². The number of hydrogen-bond donors (Lipinski definition) is 1. The average Bonchev–Trinajstić information content (AvgIpc) is 2.92. The largest absolute Gasteiger partial charge is 0.454 e. The van der Waals surface area contributed by atoms with Crippen LogP contribution < -0.4 is 14.8 Å². The number of anilines is 1. The summed E-state index contributed by atoms with van der Waals surface area (Å²) in [6.07, 6.45) is 0.820. The van der Waals surface area contributed by atoms with Crippen LogP contribution in [0.2, 0.25) is 5.15 Å². The number of benzene rings is 1. The summed E-state index contributed by atoms with van der Waals surface area (Å²) in [7, 11) is 0. The summed E-state index contributed by atoms with van der Waals surface area (Å²) in [5.74, 6) is 2.08. The minimum Gasteiger partial charge on any atom is -0.454 e. The average molecular weight is 292 g/mol. The summed E-state index contributed by atoms with van der Waals surface area (Å²) in [6.45, 7) is 2.91. The molecule has 1 aliphatic heterocycles. The second-order valence-corrected chi connectivity index (χ2v) is 4.79. The summed E-state index contributed by atoms with van der Waals surface area (Å²) in [5.41, 5.74) is 1.98. The monoisotopic (exact) mass is 291 g/mol. The SMILES string of the molecule is CCc1cc(Cl)nc(NCc2ccc3c(c2)OCO3)n1. The van der Waals surface area contributed by atoms with E-state index in [9.17, 15) is 0 Å². The first-order valence-electron chi connectivity index (χ1n) is 6.40. The molecule has 0 saturated carbocycles. The van der Waals surface area contributed by atoms with E-state index in [1.807, 2.05) is 25.1 Å². The number of aryl methyl sites for hydroxylation is 1. The third kappa shape index (κ3) is 2.77. The molecule has 1 aromatic carbocycles. The second-order valence-electron chi connectivity index (χ2n) is 4.40. The Kier molecular flexibility index (Phi) is 3.60. The van der Waals surface area contributed by atoms with Crippen LogP contribution in [0.25, 0.3) is 0 Å². The van der Waals surface area contributed by atoms with Gasteiger partial charge in [0.15, 0.2) is 11.5 Å². The fourth-order valence-corrected chi connectivity index (χ4v) is 2.16. The Hall–Kier alpha value is -2.01. The van der Waals surface area contributed by atoms with Crippen molar-refractivity contribution < 1.29 is 9.47 Å². The fourth-order valence-electron chi connectivity index (χ4n) is 1.96. The third-order valence-electron chi connectivity index (χ3n) is 3.00. The van der Waals surface area contributed by atoms with Gasteiger partial charge >= 0.3 is 0 Å². The summed E-state index contributed by atoms with van der Waals surface area (Å²) >= 11 is 5.96. The molecule has 0 spiro atoms. The lowest BCUT2D eigenvalue weighted by molar-refractivity contribution is 0.174. The molecule has 6 heteroatoms. The van der Waals surface area contributed by atoms with Crippen LogP contribution >= 0.6 is 11.6 Å².